The molecule has 44 valence electrons. The fourth-order valence-electron chi connectivity index (χ4n) is 0.464. The number of nitrogens with zero attached hydrogens (tertiary/aromatic N) is 2. The third-order valence-corrected chi connectivity index (χ3v) is 0.807. The largest absolute Gasteiger partial charge is 0.272 e. The molecular weight excluding hydrogens is 104 g/mol. The van der Waals surface area contributed by atoms with Crippen LogP contribution in [-0.4, -0.2) is 11.4 Å². The second-order valence-electron chi connectivity index (χ2n) is 1.57. The van der Waals surface area contributed by atoms with Crippen molar-refractivity contribution in [2.45, 2.75) is 6.92 Å². The summed E-state index contributed by atoms with van der Waals surface area (Å²) in [6.45, 7) is 1.91. The van der Waals surface area contributed by atoms with Crippen LogP contribution >= 0.6 is 0 Å². The predicted octanol–water partition coefficient (Wildman–Crippen LogP) is -0.430. The van der Waals surface area contributed by atoms with Crippen molar-refractivity contribution >= 4 is 6.21 Å². The van der Waals surface area contributed by atoms with Crippen LogP contribution in [0.15, 0.2) is 16.9 Å². The van der Waals surface area contributed by atoms with Gasteiger partial charge >= 0.3 is 0 Å². The van der Waals surface area contributed by atoms with Gasteiger partial charge in [-0.1, -0.05) is 0 Å². The van der Waals surface area contributed by atoms with Crippen molar-refractivity contribution in [2.24, 2.45) is 10.9 Å². The summed E-state index contributed by atoms with van der Waals surface area (Å²) < 4.78 is 0. The highest BCUT2D eigenvalue weighted by atomic mass is 15.8. The number of nitrogens with one attached hydrogen (secondary N) is 1. The van der Waals surface area contributed by atoms with Gasteiger partial charge in [0.15, 0.2) is 0 Å². The van der Waals surface area contributed by atoms with Gasteiger partial charge in [0.2, 0.25) is 0 Å². The number of hydrazone groups is 1. The fraction of sp³-hybridized carbons (Fsp3) is 0.250. The van der Waals surface area contributed by atoms with Crippen molar-refractivity contribution in [2.75, 3.05) is 0 Å². The smallest absolute Gasteiger partial charge is 0.0524 e. The maximum atomic E-state index is 5.21. The minimum Gasteiger partial charge on any atom is -0.272 e. The molecule has 4 nitrogen and oxygen atoms in total. The first-order chi connectivity index (χ1) is 3.79. The zero-order valence-corrected chi connectivity index (χ0v) is 4.63. The molecule has 1 aliphatic heterocycles. The quantitative estimate of drug-likeness (QED) is 0.418. The molecule has 0 unspecified atom stereocenters. The van der Waals surface area contributed by atoms with E-state index in [1.54, 1.807) is 6.21 Å². The van der Waals surface area contributed by atoms with Crippen LogP contribution in [0.3, 0.4) is 0 Å². The van der Waals surface area contributed by atoms with E-state index in [0.717, 1.165) is 10.9 Å². The summed E-state index contributed by atoms with van der Waals surface area (Å²) in [5, 5.41) is 4.84. The first-order valence-corrected chi connectivity index (χ1v) is 2.31. The molecule has 3 N–H and O–H groups in total. The molecule has 1 rings (SSSR count). The molecule has 0 aromatic rings. The van der Waals surface area contributed by atoms with Gasteiger partial charge < -0.3 is 0 Å². The molecule has 0 aromatic carbocycles. The van der Waals surface area contributed by atoms with Crippen LogP contribution in [0.1, 0.15) is 6.92 Å². The van der Waals surface area contributed by atoms with Crippen molar-refractivity contribution < 1.29 is 0 Å². The van der Waals surface area contributed by atoms with Crippen LogP contribution in [0.2, 0.25) is 0 Å². The van der Waals surface area contributed by atoms with Gasteiger partial charge in [0, 0.05) is 5.70 Å². The normalized spacial score (nSPS) is 17.8. The Bertz CT molecular complexity index is 137. The first kappa shape index (κ1) is 5.11. The van der Waals surface area contributed by atoms with Crippen molar-refractivity contribution in [1.29, 1.82) is 0 Å². The third kappa shape index (κ3) is 0.974. The molecule has 0 saturated heterocycles. The molecule has 0 aromatic heterocycles. The number of hydrogen-bond donors (Lipinski definition) is 2. The summed E-state index contributed by atoms with van der Waals surface area (Å²) in [5.41, 5.74) is 3.74. The van der Waals surface area contributed by atoms with Crippen LogP contribution in [-0.2, 0) is 0 Å². The van der Waals surface area contributed by atoms with E-state index in [9.17, 15) is 0 Å². The Morgan fingerprint density at radius 2 is 2.62 bits per heavy atom. The highest BCUT2D eigenvalue weighted by Gasteiger charge is 1.94. The Hall–Kier alpha value is -1.03. The van der Waals surface area contributed by atoms with Crippen molar-refractivity contribution in [1.82, 2.24) is 10.7 Å². The summed E-state index contributed by atoms with van der Waals surface area (Å²) in [6, 6.07) is 0. The second kappa shape index (κ2) is 1.83. The van der Waals surface area contributed by atoms with Crippen LogP contribution in [0.25, 0.3) is 0 Å². The molecular formula is C4H8N4. The zero-order chi connectivity index (χ0) is 5.98. The van der Waals surface area contributed by atoms with E-state index in [4.69, 9.17) is 5.84 Å². The van der Waals surface area contributed by atoms with Gasteiger partial charge in [0.1, 0.15) is 0 Å². The minimum atomic E-state index is 0.988. The van der Waals surface area contributed by atoms with E-state index in [-0.39, 0.29) is 0 Å². The lowest BCUT2D eigenvalue weighted by molar-refractivity contribution is 0.227. The van der Waals surface area contributed by atoms with E-state index in [2.05, 4.69) is 10.5 Å². The monoisotopic (exact) mass is 112 g/mol. The van der Waals surface area contributed by atoms with Gasteiger partial charge in [0.05, 0.1) is 6.21 Å². The molecule has 0 bridgehead atoms. The zero-order valence-electron chi connectivity index (χ0n) is 4.63. The van der Waals surface area contributed by atoms with Gasteiger partial charge in [-0.25, -0.2) is 5.84 Å². The van der Waals surface area contributed by atoms with E-state index in [0.29, 0.717) is 0 Å². The molecule has 0 fully saturated rings. The van der Waals surface area contributed by atoms with Crippen LogP contribution in [0.5, 0.6) is 0 Å². The van der Waals surface area contributed by atoms with Crippen molar-refractivity contribution in [3.63, 3.8) is 0 Å². The molecule has 1 aliphatic rings. The van der Waals surface area contributed by atoms with Crippen molar-refractivity contribution in [3.05, 3.63) is 11.8 Å². The SMILES string of the molecule is CC1=CC=NN(N)N1. The Morgan fingerprint density at radius 3 is 3.00 bits per heavy atom. The van der Waals surface area contributed by atoms with Crippen molar-refractivity contribution in [3.8, 4) is 0 Å². The minimum absolute atomic E-state index is 0.988. The molecule has 0 amide bonds. The number of hydrazine groups is 2. The molecule has 0 radical (unpaired) electrons. The average molecular weight is 112 g/mol. The molecule has 0 spiro atoms. The summed E-state index contributed by atoms with van der Waals surface area (Å²) in [4.78, 5) is 0. The molecule has 0 saturated carbocycles. The van der Waals surface area contributed by atoms with Gasteiger partial charge in [-0.2, -0.15) is 0 Å². The predicted molar refractivity (Wildman–Crippen MR) is 31.4 cm³/mol. The molecule has 0 aliphatic carbocycles. The molecule has 4 heteroatoms. The molecule has 8 heavy (non-hydrogen) atoms. The Balaban J connectivity index is 2.59. The maximum Gasteiger partial charge on any atom is 0.0524 e. The van der Waals surface area contributed by atoms with E-state index < -0.39 is 0 Å². The first-order valence-electron chi connectivity index (χ1n) is 2.31. The number of rotatable bonds is 0. The Labute approximate surface area is 47.6 Å². The standard InChI is InChI=1S/C4H8N4/c1-4-2-3-6-8(5)7-4/h2-3,7H,5H2,1H3. The lowest BCUT2D eigenvalue weighted by Gasteiger charge is -2.16. The van der Waals surface area contributed by atoms with Gasteiger partial charge in [0.25, 0.3) is 0 Å². The third-order valence-electron chi connectivity index (χ3n) is 0.807. The highest BCUT2D eigenvalue weighted by molar-refractivity contribution is 5.72. The highest BCUT2D eigenvalue weighted by Crippen LogP contribution is 1.89. The number of nitrogens with two attached hydrogens (primary N) is 1. The van der Waals surface area contributed by atoms with Gasteiger partial charge in [-0.05, 0) is 13.0 Å². The van der Waals surface area contributed by atoms with E-state index in [1.165, 1.54) is 0 Å². The Morgan fingerprint density at radius 1 is 1.88 bits per heavy atom. The van der Waals surface area contributed by atoms with Crippen LogP contribution < -0.4 is 11.3 Å². The lowest BCUT2D eigenvalue weighted by Crippen LogP contribution is -2.39. The van der Waals surface area contributed by atoms with Crippen LogP contribution in [0.4, 0.5) is 0 Å². The topological polar surface area (TPSA) is 53.6 Å². The van der Waals surface area contributed by atoms with Gasteiger partial charge in [-0.3, -0.25) is 5.43 Å². The summed E-state index contributed by atoms with van der Waals surface area (Å²) in [7, 11) is 0. The van der Waals surface area contributed by atoms with E-state index >= 15 is 0 Å². The summed E-state index contributed by atoms with van der Waals surface area (Å²) in [6.07, 6.45) is 3.47. The number of allylic oxidation sites excluding steroid dienone is 2. The fourth-order valence-corrected chi connectivity index (χ4v) is 0.464. The maximum absolute atomic E-state index is 5.21. The lowest BCUT2D eigenvalue weighted by atomic mass is 10.4. The second-order valence-corrected chi connectivity index (χ2v) is 1.57. The Kier molecular flexibility index (Phi) is 1.17. The average Bonchev–Trinajstić information content (AvgIpc) is 1.64. The summed E-state index contributed by atoms with van der Waals surface area (Å²) >= 11 is 0. The molecule has 0 atom stereocenters. The number of hydrogen-bond acceptors (Lipinski definition) is 4. The van der Waals surface area contributed by atoms with Gasteiger partial charge in [-0.15, -0.1) is 10.3 Å². The summed E-state index contributed by atoms with van der Waals surface area (Å²) in [5.74, 6) is 5.21. The molecule has 1 heterocycles. The van der Waals surface area contributed by atoms with Crippen LogP contribution in [0, 0.1) is 0 Å². The van der Waals surface area contributed by atoms with E-state index in [1.807, 2.05) is 13.0 Å².